The van der Waals surface area contributed by atoms with Gasteiger partial charge in [-0.05, 0) is 24.6 Å². The number of Topliss-reactive ketones (excluding diaryl/α,β-unsaturated/α-hetero) is 1. The van der Waals surface area contributed by atoms with Gasteiger partial charge in [0.25, 0.3) is 0 Å². The zero-order chi connectivity index (χ0) is 12.9. The van der Waals surface area contributed by atoms with E-state index in [0.717, 1.165) is 0 Å². The van der Waals surface area contributed by atoms with Crippen molar-refractivity contribution in [1.82, 2.24) is 0 Å². The van der Waals surface area contributed by atoms with Crippen molar-refractivity contribution in [3.63, 3.8) is 0 Å². The number of sulfone groups is 1. The normalized spacial score (nSPS) is 12.5. The van der Waals surface area contributed by atoms with Crippen molar-refractivity contribution in [3.8, 4) is 0 Å². The van der Waals surface area contributed by atoms with E-state index in [1.54, 1.807) is 18.2 Å². The van der Waals surface area contributed by atoms with E-state index >= 15 is 0 Å². The summed E-state index contributed by atoms with van der Waals surface area (Å²) in [6.07, 6.45) is 0.150. The fourth-order valence-corrected chi connectivity index (χ4v) is 3.19. The second-order valence-electron chi connectivity index (χ2n) is 3.65. The van der Waals surface area contributed by atoms with Gasteiger partial charge in [0.15, 0.2) is 9.84 Å². The third-order valence-corrected chi connectivity index (χ3v) is 4.33. The second kappa shape index (κ2) is 6.12. The molecular weight excluding hydrogens is 304 g/mol. The average Bonchev–Trinajstić information content (AvgIpc) is 2.28. The van der Waals surface area contributed by atoms with E-state index in [9.17, 15) is 13.2 Å². The van der Waals surface area contributed by atoms with Crippen LogP contribution in [0.4, 0.5) is 0 Å². The van der Waals surface area contributed by atoms with E-state index in [4.69, 9.17) is 0 Å². The van der Waals surface area contributed by atoms with Gasteiger partial charge in [0.1, 0.15) is 5.78 Å². The summed E-state index contributed by atoms with van der Waals surface area (Å²) >= 11 is 3.18. The number of alkyl halides is 1. The highest BCUT2D eigenvalue weighted by Gasteiger charge is 2.12. The Balaban J connectivity index is 3.07. The highest BCUT2D eigenvalue weighted by atomic mass is 79.9. The third-order valence-electron chi connectivity index (χ3n) is 2.04. The Bertz CT molecular complexity index is 518. The highest BCUT2D eigenvalue weighted by molar-refractivity contribution is 9.09. The Morgan fingerprint density at radius 2 is 1.88 bits per heavy atom. The standard InChI is InChI=1S/C12H13BrO3S/c1-10(14)7-11(8-13)9-17(15,16)12-5-3-2-4-6-12/h2-6,9H,7-8H2,1H3. The Morgan fingerprint density at radius 3 is 2.35 bits per heavy atom. The van der Waals surface area contributed by atoms with Crippen molar-refractivity contribution in [2.24, 2.45) is 0 Å². The predicted molar refractivity (Wildman–Crippen MR) is 70.8 cm³/mol. The number of carbonyl (C=O) groups is 1. The summed E-state index contributed by atoms with van der Waals surface area (Å²) in [5.41, 5.74) is 0.557. The van der Waals surface area contributed by atoms with Crippen LogP contribution >= 0.6 is 15.9 Å². The predicted octanol–water partition coefficient (Wildman–Crippen LogP) is 2.72. The number of hydrogen-bond donors (Lipinski definition) is 0. The molecule has 0 atom stereocenters. The molecule has 0 saturated heterocycles. The first-order valence-electron chi connectivity index (χ1n) is 5.00. The molecule has 0 aliphatic heterocycles. The van der Waals surface area contributed by atoms with Gasteiger partial charge in [0.05, 0.1) is 4.90 Å². The van der Waals surface area contributed by atoms with Gasteiger partial charge < -0.3 is 0 Å². The quantitative estimate of drug-likeness (QED) is 0.785. The highest BCUT2D eigenvalue weighted by Crippen LogP contribution is 2.16. The molecule has 0 aromatic heterocycles. The Labute approximate surface area is 110 Å². The molecule has 1 rings (SSSR count). The van der Waals surface area contributed by atoms with Gasteiger partial charge in [-0.25, -0.2) is 8.42 Å². The maximum Gasteiger partial charge on any atom is 0.199 e. The molecule has 0 aliphatic carbocycles. The van der Waals surface area contributed by atoms with E-state index in [1.807, 2.05) is 0 Å². The van der Waals surface area contributed by atoms with Crippen molar-refractivity contribution in [1.29, 1.82) is 0 Å². The lowest BCUT2D eigenvalue weighted by Gasteiger charge is -2.03. The van der Waals surface area contributed by atoms with Crippen molar-refractivity contribution in [3.05, 3.63) is 41.3 Å². The minimum Gasteiger partial charge on any atom is -0.300 e. The number of allylic oxidation sites excluding steroid dienone is 1. The molecule has 0 heterocycles. The molecule has 92 valence electrons. The number of hydrogen-bond acceptors (Lipinski definition) is 3. The minimum atomic E-state index is -3.46. The molecule has 5 heteroatoms. The first-order valence-corrected chi connectivity index (χ1v) is 7.67. The number of ketones is 1. The van der Waals surface area contributed by atoms with Gasteiger partial charge in [-0.2, -0.15) is 0 Å². The number of rotatable bonds is 5. The van der Waals surface area contributed by atoms with E-state index in [-0.39, 0.29) is 17.1 Å². The molecule has 0 fully saturated rings. The Kier molecular flexibility index (Phi) is 5.08. The van der Waals surface area contributed by atoms with E-state index in [0.29, 0.717) is 10.9 Å². The molecule has 3 nitrogen and oxygen atoms in total. The van der Waals surface area contributed by atoms with Crippen LogP contribution in [0.25, 0.3) is 0 Å². The van der Waals surface area contributed by atoms with Crippen LogP contribution in [-0.2, 0) is 14.6 Å². The van der Waals surface area contributed by atoms with Gasteiger partial charge in [0, 0.05) is 17.2 Å². The fourth-order valence-electron chi connectivity index (χ4n) is 1.34. The van der Waals surface area contributed by atoms with E-state index in [2.05, 4.69) is 15.9 Å². The largest absolute Gasteiger partial charge is 0.300 e. The molecule has 0 saturated carbocycles. The molecule has 0 radical (unpaired) electrons. The number of benzene rings is 1. The molecule has 1 aromatic rings. The summed E-state index contributed by atoms with van der Waals surface area (Å²) in [7, 11) is -3.46. The number of carbonyl (C=O) groups excluding carboxylic acids is 1. The summed E-state index contributed by atoms with van der Waals surface area (Å²) in [5, 5.41) is 1.54. The summed E-state index contributed by atoms with van der Waals surface area (Å²) in [6.45, 7) is 1.44. The van der Waals surface area contributed by atoms with Gasteiger partial charge in [-0.3, -0.25) is 4.79 Å². The lowest BCUT2D eigenvalue weighted by atomic mass is 10.2. The van der Waals surface area contributed by atoms with Crippen molar-refractivity contribution >= 4 is 31.6 Å². The molecule has 0 aliphatic rings. The van der Waals surface area contributed by atoms with Crippen LogP contribution in [0.3, 0.4) is 0 Å². The van der Waals surface area contributed by atoms with Gasteiger partial charge in [-0.15, -0.1) is 0 Å². The zero-order valence-corrected chi connectivity index (χ0v) is 11.8. The van der Waals surface area contributed by atoms with Crippen LogP contribution in [-0.4, -0.2) is 19.5 Å². The van der Waals surface area contributed by atoms with Gasteiger partial charge in [0.2, 0.25) is 0 Å². The Morgan fingerprint density at radius 1 is 1.29 bits per heavy atom. The summed E-state index contributed by atoms with van der Waals surface area (Å²) in [6, 6.07) is 8.15. The molecule has 0 spiro atoms. The molecule has 0 N–H and O–H groups in total. The van der Waals surface area contributed by atoms with Crippen LogP contribution in [0.15, 0.2) is 46.2 Å². The smallest absolute Gasteiger partial charge is 0.199 e. The summed E-state index contributed by atoms with van der Waals surface area (Å²) in [5.74, 6) is -0.0565. The first kappa shape index (κ1) is 14.1. The molecular formula is C12H13BrO3S. The SMILES string of the molecule is CC(=O)CC(=CS(=O)(=O)c1ccccc1)CBr. The summed E-state index contributed by atoms with van der Waals surface area (Å²) in [4.78, 5) is 11.2. The monoisotopic (exact) mass is 316 g/mol. The topological polar surface area (TPSA) is 51.2 Å². The third kappa shape index (κ3) is 4.44. The number of halogens is 1. The van der Waals surface area contributed by atoms with Crippen LogP contribution in [0.1, 0.15) is 13.3 Å². The van der Waals surface area contributed by atoms with Crippen molar-refractivity contribution in [2.45, 2.75) is 18.2 Å². The molecule has 1 aromatic carbocycles. The van der Waals surface area contributed by atoms with E-state index in [1.165, 1.54) is 24.5 Å². The van der Waals surface area contributed by atoms with Crippen LogP contribution in [0.5, 0.6) is 0 Å². The van der Waals surface area contributed by atoms with Gasteiger partial charge in [-0.1, -0.05) is 34.1 Å². The fraction of sp³-hybridized carbons (Fsp3) is 0.250. The second-order valence-corrected chi connectivity index (χ2v) is 6.00. The molecule has 0 bridgehead atoms. The van der Waals surface area contributed by atoms with Gasteiger partial charge >= 0.3 is 0 Å². The maximum absolute atomic E-state index is 12.0. The van der Waals surface area contributed by atoms with E-state index < -0.39 is 9.84 Å². The lowest BCUT2D eigenvalue weighted by Crippen LogP contribution is -2.01. The van der Waals surface area contributed by atoms with Crippen LogP contribution < -0.4 is 0 Å². The summed E-state index contributed by atoms with van der Waals surface area (Å²) < 4.78 is 23.9. The zero-order valence-electron chi connectivity index (χ0n) is 9.39. The molecule has 0 unspecified atom stereocenters. The van der Waals surface area contributed by atoms with Crippen LogP contribution in [0, 0.1) is 0 Å². The first-order chi connectivity index (χ1) is 7.95. The minimum absolute atomic E-state index is 0.0565. The molecule has 0 amide bonds. The average molecular weight is 317 g/mol. The molecule has 17 heavy (non-hydrogen) atoms. The maximum atomic E-state index is 12.0. The Hall–Kier alpha value is -0.940. The van der Waals surface area contributed by atoms with Crippen molar-refractivity contribution in [2.75, 3.05) is 5.33 Å². The van der Waals surface area contributed by atoms with Crippen LogP contribution in [0.2, 0.25) is 0 Å². The lowest BCUT2D eigenvalue weighted by molar-refractivity contribution is -0.116. The van der Waals surface area contributed by atoms with Crippen molar-refractivity contribution < 1.29 is 13.2 Å².